The van der Waals surface area contributed by atoms with Crippen molar-refractivity contribution in [2.24, 2.45) is 5.73 Å². The largest absolute Gasteiger partial charge is 0.366 e. The van der Waals surface area contributed by atoms with Crippen LogP contribution in [0.5, 0.6) is 0 Å². The lowest BCUT2D eigenvalue weighted by Gasteiger charge is -2.08. The van der Waals surface area contributed by atoms with E-state index < -0.39 is 5.91 Å². The number of carbonyl (C=O) groups is 1. The molecular weight excluding hydrogens is 192 g/mol. The van der Waals surface area contributed by atoms with Gasteiger partial charge in [-0.1, -0.05) is 30.3 Å². The molecule has 0 aliphatic heterocycles. The molecule has 0 bridgehead atoms. The van der Waals surface area contributed by atoms with Gasteiger partial charge in [-0.3, -0.25) is 15.5 Å². The summed E-state index contributed by atoms with van der Waals surface area (Å²) < 4.78 is 0. The molecule has 0 saturated heterocycles. The number of fused-ring (bicyclic) bond motifs is 1. The lowest BCUT2D eigenvalue weighted by Crippen LogP contribution is -2.14. The Morgan fingerprint density at radius 3 is 2.60 bits per heavy atom. The standard InChI is InChI=1S/C11H10N2O2/c12-11(14)10-8-4-2-1-3-7(8)5-6-9(10)13-15/h1-6,13,15H,(H2,12,14). The zero-order valence-corrected chi connectivity index (χ0v) is 7.90. The second-order valence-corrected chi connectivity index (χ2v) is 3.19. The molecule has 0 spiro atoms. The van der Waals surface area contributed by atoms with Crippen LogP contribution >= 0.6 is 0 Å². The minimum absolute atomic E-state index is 0.301. The summed E-state index contributed by atoms with van der Waals surface area (Å²) in [7, 11) is 0. The molecule has 76 valence electrons. The Morgan fingerprint density at radius 1 is 1.20 bits per heavy atom. The molecule has 1 amide bonds. The number of carbonyl (C=O) groups excluding carboxylic acids is 1. The predicted octanol–water partition coefficient (Wildman–Crippen LogP) is 1.74. The molecule has 0 aromatic heterocycles. The van der Waals surface area contributed by atoms with E-state index in [0.29, 0.717) is 11.3 Å². The van der Waals surface area contributed by atoms with Crippen molar-refractivity contribution in [2.45, 2.75) is 0 Å². The highest BCUT2D eigenvalue weighted by molar-refractivity contribution is 6.10. The molecule has 0 aliphatic rings. The SMILES string of the molecule is NC(=O)c1c(NO)ccc2ccccc12. The summed E-state index contributed by atoms with van der Waals surface area (Å²) in [6.45, 7) is 0. The fourth-order valence-electron chi connectivity index (χ4n) is 1.63. The molecule has 0 fully saturated rings. The molecule has 4 heteroatoms. The second kappa shape index (κ2) is 3.59. The van der Waals surface area contributed by atoms with E-state index in [-0.39, 0.29) is 0 Å². The number of benzene rings is 2. The van der Waals surface area contributed by atoms with Crippen molar-refractivity contribution in [3.05, 3.63) is 42.0 Å². The van der Waals surface area contributed by atoms with Gasteiger partial charge in [0.1, 0.15) is 0 Å². The highest BCUT2D eigenvalue weighted by atomic mass is 16.5. The number of rotatable bonds is 2. The summed E-state index contributed by atoms with van der Waals surface area (Å²) in [5.41, 5.74) is 7.86. The van der Waals surface area contributed by atoms with Crippen molar-refractivity contribution < 1.29 is 10.0 Å². The topological polar surface area (TPSA) is 75.4 Å². The third kappa shape index (κ3) is 1.51. The number of primary amides is 1. The number of nitrogens with two attached hydrogens (primary N) is 1. The van der Waals surface area contributed by atoms with E-state index in [1.54, 1.807) is 18.2 Å². The average molecular weight is 202 g/mol. The molecule has 0 aliphatic carbocycles. The Labute approximate surface area is 86.3 Å². The highest BCUT2D eigenvalue weighted by Crippen LogP contribution is 2.25. The third-order valence-corrected chi connectivity index (χ3v) is 2.30. The Balaban J connectivity index is 2.85. The number of anilines is 1. The van der Waals surface area contributed by atoms with E-state index in [2.05, 4.69) is 0 Å². The van der Waals surface area contributed by atoms with Gasteiger partial charge >= 0.3 is 0 Å². The zero-order valence-electron chi connectivity index (χ0n) is 7.90. The number of hydrogen-bond donors (Lipinski definition) is 3. The summed E-state index contributed by atoms with van der Waals surface area (Å²) in [4.78, 5) is 11.3. The highest BCUT2D eigenvalue weighted by Gasteiger charge is 2.11. The maximum Gasteiger partial charge on any atom is 0.251 e. The van der Waals surface area contributed by atoms with E-state index in [4.69, 9.17) is 10.9 Å². The molecule has 0 atom stereocenters. The summed E-state index contributed by atoms with van der Waals surface area (Å²) >= 11 is 0. The summed E-state index contributed by atoms with van der Waals surface area (Å²) in [5, 5.41) is 10.5. The Hall–Kier alpha value is -2.07. The first-order valence-corrected chi connectivity index (χ1v) is 4.45. The maximum atomic E-state index is 11.3. The molecule has 4 N–H and O–H groups in total. The molecule has 4 nitrogen and oxygen atoms in total. The van der Waals surface area contributed by atoms with Gasteiger partial charge in [-0.05, 0) is 16.8 Å². The van der Waals surface area contributed by atoms with Crippen LogP contribution in [0.15, 0.2) is 36.4 Å². The van der Waals surface area contributed by atoms with Gasteiger partial charge in [0.25, 0.3) is 5.91 Å². The van der Waals surface area contributed by atoms with Crippen molar-refractivity contribution in [1.82, 2.24) is 0 Å². The zero-order chi connectivity index (χ0) is 10.8. The van der Waals surface area contributed by atoms with E-state index in [9.17, 15) is 4.79 Å². The number of hydrogen-bond acceptors (Lipinski definition) is 3. The lowest BCUT2D eigenvalue weighted by molar-refractivity contribution is 0.100. The van der Waals surface area contributed by atoms with Crippen molar-refractivity contribution >= 4 is 22.4 Å². The maximum absolute atomic E-state index is 11.3. The fourth-order valence-corrected chi connectivity index (χ4v) is 1.63. The number of nitrogens with one attached hydrogen (secondary N) is 1. The van der Waals surface area contributed by atoms with Crippen molar-refractivity contribution in [1.29, 1.82) is 0 Å². The lowest BCUT2D eigenvalue weighted by atomic mass is 10.0. The first kappa shape index (κ1) is 9.48. The van der Waals surface area contributed by atoms with Crippen LogP contribution in [-0.2, 0) is 0 Å². The van der Waals surface area contributed by atoms with Gasteiger partial charge in [-0.15, -0.1) is 0 Å². The molecule has 2 aromatic rings. The molecule has 0 heterocycles. The van der Waals surface area contributed by atoms with Crippen LogP contribution in [0.4, 0.5) is 5.69 Å². The Morgan fingerprint density at radius 2 is 1.93 bits per heavy atom. The van der Waals surface area contributed by atoms with Gasteiger partial charge in [0, 0.05) is 0 Å². The monoisotopic (exact) mass is 202 g/mol. The van der Waals surface area contributed by atoms with Gasteiger partial charge in [-0.2, -0.15) is 0 Å². The van der Waals surface area contributed by atoms with Crippen LogP contribution in [0.1, 0.15) is 10.4 Å². The van der Waals surface area contributed by atoms with E-state index >= 15 is 0 Å². The van der Waals surface area contributed by atoms with E-state index in [1.807, 2.05) is 23.7 Å². The number of amides is 1. The molecule has 0 saturated carbocycles. The minimum Gasteiger partial charge on any atom is -0.366 e. The first-order valence-electron chi connectivity index (χ1n) is 4.45. The molecule has 0 unspecified atom stereocenters. The van der Waals surface area contributed by atoms with Crippen LogP contribution in [0.3, 0.4) is 0 Å². The Bertz CT molecular complexity index is 523. The minimum atomic E-state index is -0.566. The van der Waals surface area contributed by atoms with Crippen LogP contribution in [0.2, 0.25) is 0 Å². The quantitative estimate of drug-likeness (QED) is 0.649. The molecular formula is C11H10N2O2. The third-order valence-electron chi connectivity index (χ3n) is 2.30. The predicted molar refractivity (Wildman–Crippen MR) is 57.9 cm³/mol. The molecule has 2 rings (SSSR count). The van der Waals surface area contributed by atoms with Crippen molar-refractivity contribution in [3.63, 3.8) is 0 Å². The fraction of sp³-hybridized carbons (Fsp3) is 0. The van der Waals surface area contributed by atoms with Crippen molar-refractivity contribution in [2.75, 3.05) is 5.48 Å². The van der Waals surface area contributed by atoms with Gasteiger partial charge in [0.15, 0.2) is 0 Å². The van der Waals surface area contributed by atoms with Gasteiger partial charge < -0.3 is 5.73 Å². The van der Waals surface area contributed by atoms with Crippen LogP contribution in [0, 0.1) is 0 Å². The Kier molecular flexibility index (Phi) is 2.27. The first-order chi connectivity index (χ1) is 7.24. The smallest absolute Gasteiger partial charge is 0.251 e. The van der Waals surface area contributed by atoms with Crippen LogP contribution in [0.25, 0.3) is 10.8 Å². The second-order valence-electron chi connectivity index (χ2n) is 3.19. The van der Waals surface area contributed by atoms with Crippen LogP contribution in [-0.4, -0.2) is 11.1 Å². The molecule has 2 aromatic carbocycles. The van der Waals surface area contributed by atoms with E-state index in [1.165, 1.54) is 0 Å². The van der Waals surface area contributed by atoms with Gasteiger partial charge in [0.05, 0.1) is 11.3 Å². The van der Waals surface area contributed by atoms with Crippen LogP contribution < -0.4 is 11.2 Å². The van der Waals surface area contributed by atoms with E-state index in [0.717, 1.165) is 10.8 Å². The summed E-state index contributed by atoms with van der Waals surface area (Å²) in [5.74, 6) is -0.566. The van der Waals surface area contributed by atoms with Crippen molar-refractivity contribution in [3.8, 4) is 0 Å². The molecule has 15 heavy (non-hydrogen) atoms. The average Bonchev–Trinajstić information content (AvgIpc) is 2.27. The summed E-state index contributed by atoms with van der Waals surface area (Å²) in [6.07, 6.45) is 0. The molecule has 0 radical (unpaired) electrons. The van der Waals surface area contributed by atoms with Gasteiger partial charge in [-0.25, -0.2) is 0 Å². The normalized spacial score (nSPS) is 10.2. The van der Waals surface area contributed by atoms with Gasteiger partial charge in [0.2, 0.25) is 0 Å². The summed E-state index contributed by atoms with van der Waals surface area (Å²) in [6, 6.07) is 10.8.